The van der Waals surface area contributed by atoms with E-state index in [1.807, 2.05) is 16.2 Å². The van der Waals surface area contributed by atoms with Gasteiger partial charge in [-0.05, 0) is 24.8 Å². The molecule has 2 aliphatic heterocycles. The van der Waals surface area contributed by atoms with Gasteiger partial charge in [-0.3, -0.25) is 4.79 Å². The van der Waals surface area contributed by atoms with E-state index >= 15 is 0 Å². The fourth-order valence-electron chi connectivity index (χ4n) is 4.00. The molecule has 0 bridgehead atoms. The van der Waals surface area contributed by atoms with Gasteiger partial charge < -0.3 is 14.5 Å². The van der Waals surface area contributed by atoms with Crippen molar-refractivity contribution in [3.8, 4) is 0 Å². The second kappa shape index (κ2) is 5.67. The van der Waals surface area contributed by atoms with Crippen molar-refractivity contribution < 1.29 is 9.53 Å². The Hall–Kier alpha value is -1.73. The Morgan fingerprint density at radius 3 is 2.88 bits per heavy atom. The number of rotatable bonds is 2. The van der Waals surface area contributed by atoms with E-state index in [1.165, 1.54) is 28.7 Å². The van der Waals surface area contributed by atoms with Crippen LogP contribution in [-0.4, -0.2) is 60.2 Å². The number of fused-ring (bicyclic) bond motifs is 3. The number of aromatic nitrogens is 2. The van der Waals surface area contributed by atoms with E-state index in [-0.39, 0.29) is 11.8 Å². The largest absolute Gasteiger partial charge is 0.378 e. The fourth-order valence-corrected chi connectivity index (χ4v) is 5.22. The SMILES string of the molecule is O=C(C1CN(c2ncnc3sc4c(c23)CCC4)C1)N1CCOCC1. The maximum absolute atomic E-state index is 12.6. The number of ether oxygens (including phenoxy) is 1. The van der Waals surface area contributed by atoms with Crippen molar-refractivity contribution in [3.63, 3.8) is 0 Å². The van der Waals surface area contributed by atoms with Crippen LogP contribution < -0.4 is 4.90 Å². The number of thiophene rings is 1. The Kier molecular flexibility index (Phi) is 3.45. The Morgan fingerprint density at radius 1 is 1.21 bits per heavy atom. The van der Waals surface area contributed by atoms with E-state index in [0.717, 1.165) is 43.2 Å². The van der Waals surface area contributed by atoms with Crippen LogP contribution in [0.2, 0.25) is 0 Å². The fraction of sp³-hybridized carbons (Fsp3) is 0.588. The minimum absolute atomic E-state index is 0.0970. The summed E-state index contributed by atoms with van der Waals surface area (Å²) in [5.41, 5.74) is 1.45. The lowest BCUT2D eigenvalue weighted by atomic mass is 9.97. The molecule has 4 heterocycles. The number of amides is 1. The topological polar surface area (TPSA) is 58.6 Å². The molecule has 6 nitrogen and oxygen atoms in total. The highest BCUT2D eigenvalue weighted by molar-refractivity contribution is 7.19. The molecule has 2 aromatic rings. The van der Waals surface area contributed by atoms with Gasteiger partial charge in [0.25, 0.3) is 0 Å². The Balaban J connectivity index is 1.36. The van der Waals surface area contributed by atoms with Gasteiger partial charge in [-0.15, -0.1) is 11.3 Å². The van der Waals surface area contributed by atoms with E-state index in [2.05, 4.69) is 14.9 Å². The number of carbonyl (C=O) groups is 1. The standard InChI is InChI=1S/C17H20N4O2S/c22-17(20-4-6-23-7-5-20)11-8-21(9-11)15-14-12-2-1-3-13(12)24-16(14)19-10-18-15/h10-11H,1-9H2. The number of carbonyl (C=O) groups excluding carboxylic acids is 1. The summed E-state index contributed by atoms with van der Waals surface area (Å²) in [7, 11) is 0. The minimum Gasteiger partial charge on any atom is -0.378 e. The summed E-state index contributed by atoms with van der Waals surface area (Å²) in [6.45, 7) is 4.32. The summed E-state index contributed by atoms with van der Waals surface area (Å²) in [4.78, 5) is 28.4. The van der Waals surface area contributed by atoms with Crippen LogP contribution in [0.15, 0.2) is 6.33 Å². The molecule has 1 amide bonds. The quantitative estimate of drug-likeness (QED) is 0.826. The molecule has 0 saturated carbocycles. The number of nitrogens with zero attached hydrogens (tertiary/aromatic N) is 4. The monoisotopic (exact) mass is 344 g/mol. The van der Waals surface area contributed by atoms with Gasteiger partial charge in [0.05, 0.1) is 24.5 Å². The summed E-state index contributed by atoms with van der Waals surface area (Å²) in [5.74, 6) is 1.40. The van der Waals surface area contributed by atoms with Crippen molar-refractivity contribution in [2.75, 3.05) is 44.3 Å². The zero-order chi connectivity index (χ0) is 16.1. The molecular formula is C17H20N4O2S. The summed E-state index contributed by atoms with van der Waals surface area (Å²) in [6.07, 6.45) is 5.22. The zero-order valence-electron chi connectivity index (χ0n) is 13.5. The molecule has 0 N–H and O–H groups in total. The molecule has 0 spiro atoms. The van der Waals surface area contributed by atoms with Crippen LogP contribution in [0.3, 0.4) is 0 Å². The molecule has 7 heteroatoms. The van der Waals surface area contributed by atoms with Gasteiger partial charge in [0.15, 0.2) is 0 Å². The normalized spacial score (nSPS) is 21.2. The third kappa shape index (κ3) is 2.22. The lowest BCUT2D eigenvalue weighted by Crippen LogP contribution is -2.56. The number of morpholine rings is 1. The van der Waals surface area contributed by atoms with E-state index in [9.17, 15) is 4.79 Å². The second-order valence-electron chi connectivity index (χ2n) is 6.77. The van der Waals surface area contributed by atoms with E-state index in [0.29, 0.717) is 13.2 Å². The summed E-state index contributed by atoms with van der Waals surface area (Å²) in [5, 5.41) is 1.24. The van der Waals surface area contributed by atoms with Gasteiger partial charge in [0, 0.05) is 31.1 Å². The first kappa shape index (κ1) is 14.6. The molecule has 5 rings (SSSR count). The Morgan fingerprint density at radius 2 is 2.04 bits per heavy atom. The van der Waals surface area contributed by atoms with E-state index in [1.54, 1.807) is 6.33 Å². The molecule has 0 unspecified atom stereocenters. The average molecular weight is 344 g/mol. The van der Waals surface area contributed by atoms with Crippen LogP contribution in [-0.2, 0) is 22.4 Å². The first-order valence-electron chi connectivity index (χ1n) is 8.68. The van der Waals surface area contributed by atoms with Crippen molar-refractivity contribution in [1.29, 1.82) is 0 Å². The highest BCUT2D eigenvalue weighted by atomic mass is 32.1. The molecule has 24 heavy (non-hydrogen) atoms. The van der Waals surface area contributed by atoms with Gasteiger partial charge in [-0.25, -0.2) is 9.97 Å². The molecule has 2 fully saturated rings. The van der Waals surface area contributed by atoms with Crippen molar-refractivity contribution in [2.24, 2.45) is 5.92 Å². The molecule has 3 aliphatic rings. The predicted molar refractivity (Wildman–Crippen MR) is 92.5 cm³/mol. The van der Waals surface area contributed by atoms with Crippen molar-refractivity contribution in [3.05, 3.63) is 16.8 Å². The van der Waals surface area contributed by atoms with Gasteiger partial charge in [-0.1, -0.05) is 0 Å². The van der Waals surface area contributed by atoms with Gasteiger partial charge in [0.2, 0.25) is 5.91 Å². The lowest BCUT2D eigenvalue weighted by molar-refractivity contribution is -0.140. The van der Waals surface area contributed by atoms with Crippen molar-refractivity contribution in [1.82, 2.24) is 14.9 Å². The average Bonchev–Trinajstić information content (AvgIpc) is 3.15. The van der Waals surface area contributed by atoms with Gasteiger partial charge in [0.1, 0.15) is 17.0 Å². The van der Waals surface area contributed by atoms with E-state index < -0.39 is 0 Å². The highest BCUT2D eigenvalue weighted by Gasteiger charge is 2.38. The maximum Gasteiger partial charge on any atom is 0.229 e. The highest BCUT2D eigenvalue weighted by Crippen LogP contribution is 2.41. The summed E-state index contributed by atoms with van der Waals surface area (Å²) in [6, 6.07) is 0. The van der Waals surface area contributed by atoms with Crippen molar-refractivity contribution >= 4 is 33.3 Å². The number of hydrogen-bond donors (Lipinski definition) is 0. The number of anilines is 1. The molecule has 0 aromatic carbocycles. The molecule has 0 radical (unpaired) electrons. The smallest absolute Gasteiger partial charge is 0.229 e. The number of hydrogen-bond acceptors (Lipinski definition) is 6. The second-order valence-corrected chi connectivity index (χ2v) is 7.86. The van der Waals surface area contributed by atoms with Crippen LogP contribution in [0.1, 0.15) is 16.9 Å². The molecule has 2 saturated heterocycles. The Labute approximate surface area is 144 Å². The van der Waals surface area contributed by atoms with Crippen LogP contribution in [0.25, 0.3) is 10.2 Å². The summed E-state index contributed by atoms with van der Waals surface area (Å²) < 4.78 is 5.33. The van der Waals surface area contributed by atoms with Gasteiger partial charge >= 0.3 is 0 Å². The lowest BCUT2D eigenvalue weighted by Gasteiger charge is -2.42. The van der Waals surface area contributed by atoms with Crippen LogP contribution in [0.4, 0.5) is 5.82 Å². The third-order valence-electron chi connectivity index (χ3n) is 5.33. The molecular weight excluding hydrogens is 324 g/mol. The molecule has 2 aromatic heterocycles. The first-order chi connectivity index (χ1) is 11.8. The van der Waals surface area contributed by atoms with Crippen molar-refractivity contribution in [2.45, 2.75) is 19.3 Å². The van der Waals surface area contributed by atoms with Crippen LogP contribution >= 0.6 is 11.3 Å². The van der Waals surface area contributed by atoms with Crippen LogP contribution in [0, 0.1) is 5.92 Å². The Bertz CT molecular complexity index is 793. The maximum atomic E-state index is 12.6. The molecule has 126 valence electrons. The third-order valence-corrected chi connectivity index (χ3v) is 6.53. The molecule has 1 aliphatic carbocycles. The zero-order valence-corrected chi connectivity index (χ0v) is 14.3. The first-order valence-corrected chi connectivity index (χ1v) is 9.49. The molecule has 0 atom stereocenters. The van der Waals surface area contributed by atoms with Crippen LogP contribution in [0.5, 0.6) is 0 Å². The summed E-state index contributed by atoms with van der Waals surface area (Å²) >= 11 is 1.82. The predicted octanol–water partition coefficient (Wildman–Crippen LogP) is 1.47. The van der Waals surface area contributed by atoms with Gasteiger partial charge in [-0.2, -0.15) is 0 Å². The van der Waals surface area contributed by atoms with E-state index in [4.69, 9.17) is 4.74 Å². The number of aryl methyl sites for hydroxylation is 2. The minimum atomic E-state index is 0.0970.